The lowest BCUT2D eigenvalue weighted by Crippen LogP contribution is -2.05. The molecule has 152 valence electrons. The molecule has 0 spiro atoms. The Labute approximate surface area is 172 Å². The van der Waals surface area contributed by atoms with Gasteiger partial charge in [0.15, 0.2) is 0 Å². The number of phenols is 1. The number of hydrogen-bond donors (Lipinski definition) is 2. The van der Waals surface area contributed by atoms with Crippen molar-refractivity contribution < 1.29 is 28.2 Å². The number of aromatic carboxylic acids is 1. The molecule has 2 N–H and O–H groups in total. The van der Waals surface area contributed by atoms with Crippen molar-refractivity contribution >= 4 is 28.5 Å². The van der Waals surface area contributed by atoms with E-state index in [1.807, 2.05) is 0 Å². The zero-order valence-electron chi connectivity index (χ0n) is 15.0. The predicted octanol–water partition coefficient (Wildman–Crippen LogP) is 5.23. The van der Waals surface area contributed by atoms with Crippen molar-refractivity contribution in [3.63, 3.8) is 0 Å². The Kier molecular flexibility index (Phi) is 4.87. The summed E-state index contributed by atoms with van der Waals surface area (Å²) in [6.07, 6.45) is 0. The van der Waals surface area contributed by atoms with Crippen molar-refractivity contribution in [2.24, 2.45) is 0 Å². The first-order chi connectivity index (χ1) is 14.3. The summed E-state index contributed by atoms with van der Waals surface area (Å²) in [5, 5.41) is 23.3. The van der Waals surface area contributed by atoms with Gasteiger partial charge >= 0.3 is 5.97 Å². The summed E-state index contributed by atoms with van der Waals surface area (Å²) in [4.78, 5) is 11.1. The largest absolute Gasteiger partial charge is 0.507 e. The maximum atomic E-state index is 14.7. The van der Waals surface area contributed by atoms with Crippen molar-refractivity contribution in [1.29, 1.82) is 0 Å². The van der Waals surface area contributed by atoms with Crippen molar-refractivity contribution in [1.82, 2.24) is 9.78 Å². The lowest BCUT2D eigenvalue weighted by Gasteiger charge is -2.07. The average Bonchev–Trinajstić information content (AvgIpc) is 3.06. The van der Waals surface area contributed by atoms with Crippen LogP contribution in [0, 0.1) is 17.5 Å². The Bertz CT molecular complexity index is 1300. The van der Waals surface area contributed by atoms with Gasteiger partial charge in [-0.2, -0.15) is 5.10 Å². The van der Waals surface area contributed by atoms with Crippen LogP contribution in [0.15, 0.2) is 48.5 Å². The van der Waals surface area contributed by atoms with Gasteiger partial charge in [0.05, 0.1) is 17.4 Å². The minimum absolute atomic E-state index is 0.0636. The summed E-state index contributed by atoms with van der Waals surface area (Å²) in [7, 11) is 0. The normalized spacial score (nSPS) is 11.2. The SMILES string of the molecule is O=C(O)c1cc(F)c(-c2nn(Cc3c(F)cccc3Cl)c3cccc(F)c23)cc1O. The molecule has 9 heteroatoms. The Hall–Kier alpha value is -3.52. The van der Waals surface area contributed by atoms with Crippen LogP contribution in [0.4, 0.5) is 13.2 Å². The van der Waals surface area contributed by atoms with E-state index in [2.05, 4.69) is 5.10 Å². The zero-order chi connectivity index (χ0) is 21.6. The monoisotopic (exact) mass is 432 g/mol. The van der Waals surface area contributed by atoms with Gasteiger partial charge in [-0.05, 0) is 36.4 Å². The van der Waals surface area contributed by atoms with Crippen LogP contribution >= 0.6 is 11.6 Å². The molecule has 30 heavy (non-hydrogen) atoms. The number of nitrogens with zero attached hydrogens (tertiary/aromatic N) is 2. The third-order valence-electron chi connectivity index (χ3n) is 4.67. The van der Waals surface area contributed by atoms with Crippen LogP contribution in [-0.4, -0.2) is 26.0 Å². The summed E-state index contributed by atoms with van der Waals surface area (Å²) < 4.78 is 44.8. The first-order valence-corrected chi connectivity index (χ1v) is 8.99. The molecule has 0 aliphatic heterocycles. The Morgan fingerprint density at radius 2 is 1.73 bits per heavy atom. The van der Waals surface area contributed by atoms with Crippen LogP contribution < -0.4 is 0 Å². The number of aromatic nitrogens is 2. The molecule has 0 saturated carbocycles. The molecular weight excluding hydrogens is 421 g/mol. The minimum Gasteiger partial charge on any atom is -0.507 e. The van der Waals surface area contributed by atoms with Crippen LogP contribution in [0.2, 0.25) is 5.02 Å². The van der Waals surface area contributed by atoms with Crippen molar-refractivity contribution in [2.45, 2.75) is 6.54 Å². The number of carbonyl (C=O) groups is 1. The number of benzene rings is 3. The summed E-state index contributed by atoms with van der Waals surface area (Å²) in [6.45, 7) is -0.160. The highest BCUT2D eigenvalue weighted by atomic mass is 35.5. The van der Waals surface area contributed by atoms with E-state index >= 15 is 0 Å². The fourth-order valence-electron chi connectivity index (χ4n) is 3.24. The summed E-state index contributed by atoms with van der Waals surface area (Å²) >= 11 is 6.07. The van der Waals surface area contributed by atoms with Crippen molar-refractivity contribution in [3.05, 3.63) is 82.1 Å². The second kappa shape index (κ2) is 7.38. The molecule has 0 saturated heterocycles. The number of halogens is 4. The molecule has 0 radical (unpaired) electrons. The fourth-order valence-corrected chi connectivity index (χ4v) is 3.47. The lowest BCUT2D eigenvalue weighted by molar-refractivity contribution is 0.0693. The highest BCUT2D eigenvalue weighted by molar-refractivity contribution is 6.31. The van der Waals surface area contributed by atoms with Crippen LogP contribution in [0.5, 0.6) is 5.75 Å². The fraction of sp³-hybridized carbons (Fsp3) is 0.0476. The number of fused-ring (bicyclic) bond motifs is 1. The zero-order valence-corrected chi connectivity index (χ0v) is 15.8. The lowest BCUT2D eigenvalue weighted by atomic mass is 10.0. The first kappa shape index (κ1) is 19.8. The molecule has 5 nitrogen and oxygen atoms in total. The molecule has 0 bridgehead atoms. The van der Waals surface area contributed by atoms with Gasteiger partial charge in [0.25, 0.3) is 0 Å². The van der Waals surface area contributed by atoms with Crippen LogP contribution in [0.25, 0.3) is 22.2 Å². The first-order valence-electron chi connectivity index (χ1n) is 8.62. The molecule has 0 amide bonds. The maximum Gasteiger partial charge on any atom is 0.339 e. The van der Waals surface area contributed by atoms with E-state index in [1.54, 1.807) is 0 Å². The van der Waals surface area contributed by atoms with E-state index in [4.69, 9.17) is 16.7 Å². The van der Waals surface area contributed by atoms with Gasteiger partial charge in [-0.3, -0.25) is 4.68 Å². The van der Waals surface area contributed by atoms with Gasteiger partial charge in [0.1, 0.15) is 34.5 Å². The van der Waals surface area contributed by atoms with Crippen molar-refractivity contribution in [2.75, 3.05) is 0 Å². The highest BCUT2D eigenvalue weighted by Crippen LogP contribution is 2.35. The van der Waals surface area contributed by atoms with E-state index < -0.39 is 34.7 Å². The summed E-state index contributed by atoms with van der Waals surface area (Å²) in [5.74, 6) is -4.53. The third kappa shape index (κ3) is 3.25. The topological polar surface area (TPSA) is 75.3 Å². The van der Waals surface area contributed by atoms with E-state index in [1.165, 1.54) is 35.0 Å². The predicted molar refractivity (Wildman–Crippen MR) is 104 cm³/mol. The average molecular weight is 433 g/mol. The van der Waals surface area contributed by atoms with Gasteiger partial charge in [0, 0.05) is 16.1 Å². The van der Waals surface area contributed by atoms with E-state index in [0.29, 0.717) is 6.07 Å². The Morgan fingerprint density at radius 1 is 1.03 bits per heavy atom. The van der Waals surface area contributed by atoms with Crippen molar-refractivity contribution in [3.8, 4) is 17.0 Å². The van der Waals surface area contributed by atoms with E-state index in [9.17, 15) is 23.1 Å². The summed E-state index contributed by atoms with van der Waals surface area (Å²) in [5.41, 5.74) is -0.751. The molecule has 3 aromatic carbocycles. The highest BCUT2D eigenvalue weighted by Gasteiger charge is 2.23. The minimum atomic E-state index is -1.52. The molecule has 0 aliphatic carbocycles. The van der Waals surface area contributed by atoms with Gasteiger partial charge in [-0.25, -0.2) is 18.0 Å². The standard InChI is InChI=1S/C21H12ClF3N2O3/c22-13-3-1-4-14(23)12(13)9-27-17-6-2-5-15(24)19(17)20(26-27)10-8-18(28)11(21(29)30)7-16(10)25/h1-8,28H,9H2,(H,29,30). The maximum absolute atomic E-state index is 14.7. The second-order valence-electron chi connectivity index (χ2n) is 6.49. The van der Waals surface area contributed by atoms with Crippen LogP contribution in [-0.2, 0) is 6.54 Å². The molecule has 0 fully saturated rings. The van der Waals surface area contributed by atoms with Crippen LogP contribution in [0.3, 0.4) is 0 Å². The Balaban J connectivity index is 1.95. The molecule has 1 aromatic heterocycles. The van der Waals surface area contributed by atoms with Gasteiger partial charge < -0.3 is 10.2 Å². The molecule has 4 rings (SSSR count). The van der Waals surface area contributed by atoms with E-state index in [-0.39, 0.29) is 39.3 Å². The molecule has 0 atom stereocenters. The molecule has 0 aliphatic rings. The number of carboxylic acids is 1. The van der Waals surface area contributed by atoms with Gasteiger partial charge in [-0.15, -0.1) is 0 Å². The van der Waals surface area contributed by atoms with Crippen LogP contribution in [0.1, 0.15) is 15.9 Å². The molecular formula is C21H12ClF3N2O3. The Morgan fingerprint density at radius 3 is 2.43 bits per heavy atom. The second-order valence-corrected chi connectivity index (χ2v) is 6.90. The van der Waals surface area contributed by atoms with Gasteiger partial charge in [0.2, 0.25) is 0 Å². The number of rotatable bonds is 4. The third-order valence-corrected chi connectivity index (χ3v) is 5.02. The molecule has 1 heterocycles. The number of carboxylic acid groups (broad SMARTS) is 1. The van der Waals surface area contributed by atoms with E-state index in [0.717, 1.165) is 12.1 Å². The quantitative estimate of drug-likeness (QED) is 0.463. The van der Waals surface area contributed by atoms with Gasteiger partial charge in [-0.1, -0.05) is 23.7 Å². The number of aromatic hydroxyl groups is 1. The summed E-state index contributed by atoms with van der Waals surface area (Å²) in [6, 6.07) is 9.75. The molecule has 0 unspecified atom stereocenters. The number of hydrogen-bond acceptors (Lipinski definition) is 3. The smallest absolute Gasteiger partial charge is 0.339 e. The molecule has 4 aromatic rings.